The van der Waals surface area contributed by atoms with Gasteiger partial charge in [-0.05, 0) is 36.4 Å². The van der Waals surface area contributed by atoms with Crippen molar-refractivity contribution in [1.29, 1.82) is 0 Å². The summed E-state index contributed by atoms with van der Waals surface area (Å²) in [6.07, 6.45) is 0.408. The van der Waals surface area contributed by atoms with E-state index in [1.54, 1.807) is 23.9 Å². The van der Waals surface area contributed by atoms with Crippen LogP contribution < -0.4 is 4.74 Å². The van der Waals surface area contributed by atoms with Gasteiger partial charge in [0.2, 0.25) is 0 Å². The lowest BCUT2D eigenvalue weighted by atomic mass is 10.3. The van der Waals surface area contributed by atoms with Crippen molar-refractivity contribution in [2.75, 3.05) is 12.4 Å². The number of rotatable bonds is 6. The molecule has 0 bridgehead atoms. The first kappa shape index (κ1) is 13.9. The van der Waals surface area contributed by atoms with E-state index in [1.807, 2.05) is 24.3 Å². The molecule has 0 saturated carbocycles. The van der Waals surface area contributed by atoms with Gasteiger partial charge in [-0.3, -0.25) is 10.1 Å². The fourth-order valence-corrected chi connectivity index (χ4v) is 2.63. The lowest BCUT2D eigenvalue weighted by Crippen LogP contribution is -1.89. The first-order valence-electron chi connectivity index (χ1n) is 6.47. The summed E-state index contributed by atoms with van der Waals surface area (Å²) in [6, 6.07) is 13.8. The molecule has 0 aliphatic carbocycles. The van der Waals surface area contributed by atoms with Crippen LogP contribution in [0.15, 0.2) is 53.4 Å². The SMILES string of the molecule is O=[N+]([O-])c1ccc(Oc2ccc(SC[C@H]3CO3)cc2)cc1. The summed E-state index contributed by atoms with van der Waals surface area (Å²) >= 11 is 1.76. The Bertz CT molecular complexity index is 623. The van der Waals surface area contributed by atoms with E-state index in [4.69, 9.17) is 9.47 Å². The summed E-state index contributed by atoms with van der Waals surface area (Å²) in [7, 11) is 0. The highest BCUT2D eigenvalue weighted by Gasteiger charge is 2.22. The normalized spacial score (nSPS) is 16.5. The van der Waals surface area contributed by atoms with Crippen LogP contribution in [0.2, 0.25) is 0 Å². The molecule has 21 heavy (non-hydrogen) atoms. The Labute approximate surface area is 126 Å². The second-order valence-corrected chi connectivity index (χ2v) is 5.68. The number of nitro groups is 1. The van der Waals surface area contributed by atoms with Gasteiger partial charge in [-0.2, -0.15) is 0 Å². The first-order chi connectivity index (χ1) is 10.2. The van der Waals surface area contributed by atoms with Crippen LogP contribution in [-0.4, -0.2) is 23.4 Å². The molecule has 3 rings (SSSR count). The summed E-state index contributed by atoms with van der Waals surface area (Å²) in [6.45, 7) is 0.869. The predicted molar refractivity (Wildman–Crippen MR) is 80.1 cm³/mol. The van der Waals surface area contributed by atoms with E-state index in [-0.39, 0.29) is 5.69 Å². The van der Waals surface area contributed by atoms with Crippen molar-refractivity contribution in [2.24, 2.45) is 0 Å². The topological polar surface area (TPSA) is 64.9 Å². The summed E-state index contributed by atoms with van der Waals surface area (Å²) in [5.74, 6) is 2.26. The molecule has 0 unspecified atom stereocenters. The summed E-state index contributed by atoms with van der Waals surface area (Å²) in [4.78, 5) is 11.3. The number of hydrogen-bond acceptors (Lipinski definition) is 5. The molecule has 0 amide bonds. The third-order valence-electron chi connectivity index (χ3n) is 2.95. The molecule has 108 valence electrons. The quantitative estimate of drug-likeness (QED) is 0.351. The first-order valence-corrected chi connectivity index (χ1v) is 7.46. The highest BCUT2D eigenvalue weighted by Crippen LogP contribution is 2.28. The van der Waals surface area contributed by atoms with Crippen LogP contribution in [-0.2, 0) is 4.74 Å². The molecule has 1 aliphatic heterocycles. The van der Waals surface area contributed by atoms with E-state index < -0.39 is 4.92 Å². The third kappa shape index (κ3) is 3.96. The predicted octanol–water partition coefficient (Wildman–Crippen LogP) is 3.88. The molecule has 1 heterocycles. The average Bonchev–Trinajstić information content (AvgIpc) is 3.31. The monoisotopic (exact) mass is 303 g/mol. The van der Waals surface area contributed by atoms with Crippen LogP contribution in [0, 0.1) is 10.1 Å². The zero-order chi connectivity index (χ0) is 14.7. The summed E-state index contributed by atoms with van der Waals surface area (Å²) in [5, 5.41) is 10.6. The summed E-state index contributed by atoms with van der Waals surface area (Å²) in [5.41, 5.74) is 0.0522. The molecular formula is C15H13NO4S. The average molecular weight is 303 g/mol. The van der Waals surface area contributed by atoms with Gasteiger partial charge in [0, 0.05) is 22.8 Å². The zero-order valence-corrected chi connectivity index (χ0v) is 11.9. The van der Waals surface area contributed by atoms with Gasteiger partial charge in [0.05, 0.1) is 17.6 Å². The molecule has 0 spiro atoms. The van der Waals surface area contributed by atoms with Crippen LogP contribution >= 0.6 is 11.8 Å². The molecule has 2 aromatic carbocycles. The van der Waals surface area contributed by atoms with Gasteiger partial charge in [0.1, 0.15) is 11.5 Å². The molecule has 1 aliphatic rings. The Balaban J connectivity index is 1.59. The maximum Gasteiger partial charge on any atom is 0.269 e. The van der Waals surface area contributed by atoms with Gasteiger partial charge in [-0.25, -0.2) is 0 Å². The number of thioether (sulfide) groups is 1. The molecule has 1 atom stereocenters. The summed E-state index contributed by atoms with van der Waals surface area (Å²) < 4.78 is 10.8. The Morgan fingerprint density at radius 1 is 1.14 bits per heavy atom. The van der Waals surface area contributed by atoms with Crippen LogP contribution in [0.4, 0.5) is 5.69 Å². The van der Waals surface area contributed by atoms with E-state index in [0.29, 0.717) is 17.6 Å². The highest BCUT2D eigenvalue weighted by atomic mass is 32.2. The molecule has 0 radical (unpaired) electrons. The minimum absolute atomic E-state index is 0.0522. The maximum absolute atomic E-state index is 10.6. The molecular weight excluding hydrogens is 290 g/mol. The van der Waals surface area contributed by atoms with Crippen molar-refractivity contribution >= 4 is 17.4 Å². The van der Waals surface area contributed by atoms with E-state index in [1.165, 1.54) is 17.0 Å². The Morgan fingerprint density at radius 3 is 2.24 bits per heavy atom. The molecule has 1 saturated heterocycles. The van der Waals surface area contributed by atoms with E-state index in [2.05, 4.69) is 0 Å². The molecule has 1 fully saturated rings. The number of non-ortho nitro benzene ring substituents is 1. The molecule has 5 nitrogen and oxygen atoms in total. The Hall–Kier alpha value is -2.05. The highest BCUT2D eigenvalue weighted by molar-refractivity contribution is 7.99. The third-order valence-corrected chi connectivity index (χ3v) is 4.09. The van der Waals surface area contributed by atoms with Crippen LogP contribution in [0.5, 0.6) is 11.5 Å². The Morgan fingerprint density at radius 2 is 1.71 bits per heavy atom. The van der Waals surface area contributed by atoms with Gasteiger partial charge in [-0.15, -0.1) is 11.8 Å². The molecule has 0 N–H and O–H groups in total. The maximum atomic E-state index is 10.6. The van der Waals surface area contributed by atoms with Gasteiger partial charge in [0.15, 0.2) is 0 Å². The number of benzene rings is 2. The Kier molecular flexibility index (Phi) is 4.08. The fourth-order valence-electron chi connectivity index (χ4n) is 1.73. The lowest BCUT2D eigenvalue weighted by molar-refractivity contribution is -0.384. The van der Waals surface area contributed by atoms with Crippen LogP contribution in [0.1, 0.15) is 0 Å². The molecule has 0 aromatic heterocycles. The molecule has 2 aromatic rings. The van der Waals surface area contributed by atoms with Crippen molar-refractivity contribution in [3.63, 3.8) is 0 Å². The van der Waals surface area contributed by atoms with Crippen LogP contribution in [0.3, 0.4) is 0 Å². The standard InChI is InChI=1S/C15H13NO4S/c17-16(18)11-1-3-12(4-2-11)20-13-5-7-15(8-6-13)21-10-14-9-19-14/h1-8,14H,9-10H2/t14-/m1/s1. The number of ether oxygens (including phenoxy) is 2. The number of epoxide rings is 1. The van der Waals surface area contributed by atoms with Crippen LogP contribution in [0.25, 0.3) is 0 Å². The zero-order valence-electron chi connectivity index (χ0n) is 11.1. The van der Waals surface area contributed by atoms with Crippen molar-refractivity contribution in [2.45, 2.75) is 11.0 Å². The van der Waals surface area contributed by atoms with Crippen molar-refractivity contribution in [1.82, 2.24) is 0 Å². The van der Waals surface area contributed by atoms with Crippen molar-refractivity contribution in [3.8, 4) is 11.5 Å². The number of hydrogen-bond donors (Lipinski definition) is 0. The van der Waals surface area contributed by atoms with E-state index in [0.717, 1.165) is 12.4 Å². The van der Waals surface area contributed by atoms with Gasteiger partial charge in [-0.1, -0.05) is 0 Å². The number of nitro benzene ring substituents is 1. The second-order valence-electron chi connectivity index (χ2n) is 4.59. The van der Waals surface area contributed by atoms with Gasteiger partial charge >= 0.3 is 0 Å². The van der Waals surface area contributed by atoms with E-state index >= 15 is 0 Å². The largest absolute Gasteiger partial charge is 0.457 e. The van der Waals surface area contributed by atoms with Gasteiger partial charge < -0.3 is 9.47 Å². The number of nitrogens with zero attached hydrogens (tertiary/aromatic N) is 1. The van der Waals surface area contributed by atoms with Crippen molar-refractivity contribution < 1.29 is 14.4 Å². The second kappa shape index (κ2) is 6.15. The van der Waals surface area contributed by atoms with E-state index in [9.17, 15) is 10.1 Å². The minimum Gasteiger partial charge on any atom is -0.457 e. The smallest absolute Gasteiger partial charge is 0.269 e. The lowest BCUT2D eigenvalue weighted by Gasteiger charge is -2.06. The van der Waals surface area contributed by atoms with Crippen molar-refractivity contribution in [3.05, 3.63) is 58.6 Å². The fraction of sp³-hybridized carbons (Fsp3) is 0.200. The minimum atomic E-state index is -0.431. The van der Waals surface area contributed by atoms with Gasteiger partial charge in [0.25, 0.3) is 5.69 Å². The molecule has 6 heteroatoms.